The van der Waals surface area contributed by atoms with E-state index in [2.05, 4.69) is 9.82 Å². The maximum Gasteiger partial charge on any atom is 0.241 e. The van der Waals surface area contributed by atoms with Crippen molar-refractivity contribution in [2.75, 3.05) is 0 Å². The Bertz CT molecular complexity index is 977. The van der Waals surface area contributed by atoms with Gasteiger partial charge in [-0.2, -0.15) is 5.10 Å². The molecule has 6 heteroatoms. The Kier molecular flexibility index (Phi) is 4.43. The first-order chi connectivity index (χ1) is 11.4. The summed E-state index contributed by atoms with van der Waals surface area (Å²) in [6.45, 7) is 6.55. The molecule has 0 aliphatic heterocycles. The molecule has 2 aromatic carbocycles. The van der Waals surface area contributed by atoms with Gasteiger partial charge in [-0.05, 0) is 43.7 Å². The maximum atomic E-state index is 12.7. The van der Waals surface area contributed by atoms with Gasteiger partial charge in [0.15, 0.2) is 0 Å². The number of fused-ring (bicyclic) bond motifs is 1. The number of aryl methyl sites for hydroxylation is 1. The molecule has 0 aliphatic rings. The van der Waals surface area contributed by atoms with Crippen LogP contribution in [-0.2, 0) is 16.6 Å². The van der Waals surface area contributed by atoms with Crippen LogP contribution in [0, 0.1) is 6.92 Å². The van der Waals surface area contributed by atoms with E-state index >= 15 is 0 Å². The van der Waals surface area contributed by atoms with Gasteiger partial charge in [0.25, 0.3) is 0 Å². The Morgan fingerprint density at radius 2 is 1.88 bits per heavy atom. The summed E-state index contributed by atoms with van der Waals surface area (Å²) < 4.78 is 30.0. The summed E-state index contributed by atoms with van der Waals surface area (Å²) in [4.78, 5) is 0.272. The normalized spacial score (nSPS) is 13.3. The van der Waals surface area contributed by atoms with Crippen molar-refractivity contribution < 1.29 is 8.42 Å². The van der Waals surface area contributed by atoms with Gasteiger partial charge in [0.2, 0.25) is 10.0 Å². The summed E-state index contributed by atoms with van der Waals surface area (Å²) in [6.07, 6.45) is 1.73. The van der Waals surface area contributed by atoms with Crippen LogP contribution in [0.3, 0.4) is 0 Å². The number of rotatable bonds is 5. The van der Waals surface area contributed by atoms with E-state index in [9.17, 15) is 8.42 Å². The molecule has 3 aromatic rings. The van der Waals surface area contributed by atoms with E-state index in [4.69, 9.17) is 0 Å². The number of sulfonamides is 1. The molecule has 1 aromatic heterocycles. The molecule has 0 saturated carbocycles. The first-order valence-electron chi connectivity index (χ1n) is 7.96. The summed E-state index contributed by atoms with van der Waals surface area (Å²) in [5.74, 6) is 0. The van der Waals surface area contributed by atoms with E-state index < -0.39 is 10.0 Å². The van der Waals surface area contributed by atoms with Crippen LogP contribution in [0.1, 0.15) is 31.1 Å². The van der Waals surface area contributed by atoms with Crippen LogP contribution in [0.5, 0.6) is 0 Å². The Hall–Kier alpha value is -2.18. The van der Waals surface area contributed by atoms with Crippen molar-refractivity contribution in [2.45, 2.75) is 38.3 Å². The first kappa shape index (κ1) is 16.7. The molecular weight excluding hydrogens is 322 g/mol. The predicted octanol–water partition coefficient (Wildman–Crippen LogP) is 3.40. The standard InChI is InChI=1S/C18H21N3O2S/c1-4-21-14(3)18(12-19-21)13(2)20-24(22,23)17-10-9-15-7-5-6-8-16(15)11-17/h5-13,20H,4H2,1-3H3. The zero-order valence-electron chi connectivity index (χ0n) is 14.0. The van der Waals surface area contributed by atoms with Crippen molar-refractivity contribution in [3.8, 4) is 0 Å². The highest BCUT2D eigenvalue weighted by molar-refractivity contribution is 7.89. The fraction of sp³-hybridized carbons (Fsp3) is 0.278. The fourth-order valence-corrected chi connectivity index (χ4v) is 4.16. The number of benzene rings is 2. The number of aromatic nitrogens is 2. The second-order valence-corrected chi connectivity index (χ2v) is 7.57. The van der Waals surface area contributed by atoms with Gasteiger partial charge in [-0.3, -0.25) is 4.68 Å². The third-order valence-electron chi connectivity index (χ3n) is 4.27. The molecule has 1 N–H and O–H groups in total. The quantitative estimate of drug-likeness (QED) is 0.772. The van der Waals surface area contributed by atoms with Gasteiger partial charge in [-0.25, -0.2) is 13.1 Å². The van der Waals surface area contributed by atoms with Crippen LogP contribution in [0.2, 0.25) is 0 Å². The maximum absolute atomic E-state index is 12.7. The molecule has 0 saturated heterocycles. The van der Waals surface area contributed by atoms with Gasteiger partial charge >= 0.3 is 0 Å². The molecule has 1 atom stereocenters. The summed E-state index contributed by atoms with van der Waals surface area (Å²) >= 11 is 0. The molecule has 0 spiro atoms. The summed E-state index contributed by atoms with van der Waals surface area (Å²) in [5.41, 5.74) is 1.87. The highest BCUT2D eigenvalue weighted by atomic mass is 32.2. The highest BCUT2D eigenvalue weighted by Gasteiger charge is 2.21. The molecule has 0 bridgehead atoms. The van der Waals surface area contributed by atoms with E-state index in [0.29, 0.717) is 0 Å². The second kappa shape index (κ2) is 6.37. The minimum Gasteiger partial charge on any atom is -0.270 e. The Morgan fingerprint density at radius 1 is 1.17 bits per heavy atom. The van der Waals surface area contributed by atoms with Crippen molar-refractivity contribution in [3.63, 3.8) is 0 Å². The lowest BCUT2D eigenvalue weighted by Gasteiger charge is -2.15. The van der Waals surface area contributed by atoms with Gasteiger partial charge in [0, 0.05) is 23.8 Å². The van der Waals surface area contributed by atoms with E-state index in [1.807, 2.05) is 55.8 Å². The van der Waals surface area contributed by atoms with Crippen LogP contribution in [-0.4, -0.2) is 18.2 Å². The lowest BCUT2D eigenvalue weighted by atomic mass is 10.1. The van der Waals surface area contributed by atoms with Crippen LogP contribution < -0.4 is 4.72 Å². The number of hydrogen-bond donors (Lipinski definition) is 1. The van der Waals surface area contributed by atoms with Crippen LogP contribution >= 0.6 is 0 Å². The average Bonchev–Trinajstić information content (AvgIpc) is 2.94. The van der Waals surface area contributed by atoms with Crippen molar-refractivity contribution in [1.29, 1.82) is 0 Å². The van der Waals surface area contributed by atoms with E-state index in [-0.39, 0.29) is 10.9 Å². The number of nitrogens with zero attached hydrogens (tertiary/aromatic N) is 2. The van der Waals surface area contributed by atoms with E-state index in [1.54, 1.807) is 18.3 Å². The molecule has 0 radical (unpaired) electrons. The molecule has 0 aliphatic carbocycles. The molecule has 5 nitrogen and oxygen atoms in total. The fourth-order valence-electron chi connectivity index (χ4n) is 2.90. The Morgan fingerprint density at radius 3 is 2.54 bits per heavy atom. The molecular formula is C18H21N3O2S. The number of hydrogen-bond acceptors (Lipinski definition) is 3. The Balaban J connectivity index is 1.90. The molecule has 1 unspecified atom stereocenters. The van der Waals surface area contributed by atoms with E-state index in [0.717, 1.165) is 28.6 Å². The lowest BCUT2D eigenvalue weighted by Crippen LogP contribution is -2.27. The smallest absolute Gasteiger partial charge is 0.241 e. The number of nitrogens with one attached hydrogen (secondary N) is 1. The van der Waals surface area contributed by atoms with Gasteiger partial charge < -0.3 is 0 Å². The van der Waals surface area contributed by atoms with Gasteiger partial charge in [-0.1, -0.05) is 30.3 Å². The lowest BCUT2D eigenvalue weighted by molar-refractivity contribution is 0.565. The van der Waals surface area contributed by atoms with E-state index in [1.165, 1.54) is 0 Å². The van der Waals surface area contributed by atoms with Gasteiger partial charge in [0.05, 0.1) is 11.1 Å². The topological polar surface area (TPSA) is 64.0 Å². The summed E-state index contributed by atoms with van der Waals surface area (Å²) in [7, 11) is -3.60. The van der Waals surface area contributed by atoms with Crippen molar-refractivity contribution in [3.05, 3.63) is 59.9 Å². The summed E-state index contributed by atoms with van der Waals surface area (Å²) in [6, 6.07) is 12.5. The predicted molar refractivity (Wildman–Crippen MR) is 95.3 cm³/mol. The zero-order valence-corrected chi connectivity index (χ0v) is 14.8. The average molecular weight is 343 g/mol. The molecule has 1 heterocycles. The molecule has 24 heavy (non-hydrogen) atoms. The first-order valence-corrected chi connectivity index (χ1v) is 9.44. The molecule has 126 valence electrons. The van der Waals surface area contributed by atoms with Crippen LogP contribution in [0.15, 0.2) is 53.6 Å². The Labute approximate surface area is 142 Å². The minimum atomic E-state index is -3.60. The molecule has 3 rings (SSSR count). The minimum absolute atomic E-state index is 0.272. The molecule has 0 amide bonds. The van der Waals surface area contributed by atoms with Crippen LogP contribution in [0.25, 0.3) is 10.8 Å². The largest absolute Gasteiger partial charge is 0.270 e. The highest BCUT2D eigenvalue weighted by Crippen LogP contribution is 2.22. The van der Waals surface area contributed by atoms with Crippen molar-refractivity contribution in [1.82, 2.24) is 14.5 Å². The molecule has 0 fully saturated rings. The monoisotopic (exact) mass is 343 g/mol. The van der Waals surface area contributed by atoms with Gasteiger partial charge in [0.1, 0.15) is 0 Å². The third-order valence-corrected chi connectivity index (χ3v) is 5.81. The van der Waals surface area contributed by atoms with Crippen molar-refractivity contribution in [2.24, 2.45) is 0 Å². The summed E-state index contributed by atoms with van der Waals surface area (Å²) in [5, 5.41) is 6.20. The SMILES string of the molecule is CCn1ncc(C(C)NS(=O)(=O)c2ccc3ccccc3c2)c1C. The zero-order chi connectivity index (χ0) is 17.3. The second-order valence-electron chi connectivity index (χ2n) is 5.85. The van der Waals surface area contributed by atoms with Crippen molar-refractivity contribution >= 4 is 20.8 Å². The van der Waals surface area contributed by atoms with Gasteiger partial charge in [-0.15, -0.1) is 0 Å². The van der Waals surface area contributed by atoms with Crippen LogP contribution in [0.4, 0.5) is 0 Å². The third kappa shape index (κ3) is 3.07.